The van der Waals surface area contributed by atoms with Crippen molar-refractivity contribution < 1.29 is 13.2 Å². The average Bonchev–Trinajstić information content (AvgIpc) is 2.16. The van der Waals surface area contributed by atoms with Gasteiger partial charge in [0.15, 0.2) is 9.84 Å². The zero-order valence-electron chi connectivity index (χ0n) is 7.65. The molecule has 0 saturated heterocycles. The van der Waals surface area contributed by atoms with Crippen LogP contribution in [0.15, 0.2) is 29.2 Å². The molecule has 1 N–H and O–H groups in total. The van der Waals surface area contributed by atoms with Crippen molar-refractivity contribution in [2.24, 2.45) is 0 Å². The van der Waals surface area contributed by atoms with Gasteiger partial charge in [0.1, 0.15) is 5.88 Å². The third-order valence-corrected chi connectivity index (χ3v) is 3.23. The Bertz CT molecular complexity index is 408. The molecule has 0 spiro atoms. The molecule has 1 amide bonds. The molecule has 14 heavy (non-hydrogen) atoms. The first-order valence-corrected chi connectivity index (χ1v) is 5.61. The first-order valence-electron chi connectivity index (χ1n) is 3.96. The number of aryl methyl sites for hydroxylation is 1. The van der Waals surface area contributed by atoms with Crippen molar-refractivity contribution in [3.63, 3.8) is 0 Å². The summed E-state index contributed by atoms with van der Waals surface area (Å²) in [6.07, 6.45) is 1.33. The molecule has 0 aromatic heterocycles. The van der Waals surface area contributed by atoms with Crippen LogP contribution in [0.1, 0.15) is 5.56 Å². The molecule has 0 aliphatic carbocycles. The van der Waals surface area contributed by atoms with Crippen LogP contribution in [0.5, 0.6) is 0 Å². The minimum atomic E-state index is -3.41. The quantitative estimate of drug-likeness (QED) is 0.734. The molecular formula is C9H10NO3S. The molecule has 75 valence electrons. The second-order valence-electron chi connectivity index (χ2n) is 2.85. The van der Waals surface area contributed by atoms with Gasteiger partial charge in [-0.1, -0.05) is 17.7 Å². The molecule has 4 nitrogen and oxygen atoms in total. The van der Waals surface area contributed by atoms with Crippen molar-refractivity contribution in [3.8, 4) is 0 Å². The van der Waals surface area contributed by atoms with Gasteiger partial charge in [0.05, 0.1) is 4.90 Å². The summed E-state index contributed by atoms with van der Waals surface area (Å²) in [5.41, 5.74) is 0.985. The molecule has 5 heteroatoms. The Kier molecular flexibility index (Phi) is 3.24. The van der Waals surface area contributed by atoms with Crippen molar-refractivity contribution in [1.82, 2.24) is 5.32 Å². The van der Waals surface area contributed by atoms with Crippen LogP contribution in [0.4, 0.5) is 0 Å². The van der Waals surface area contributed by atoms with Crippen LogP contribution >= 0.6 is 0 Å². The van der Waals surface area contributed by atoms with Crippen molar-refractivity contribution in [3.05, 3.63) is 29.8 Å². The fourth-order valence-electron chi connectivity index (χ4n) is 0.953. The lowest BCUT2D eigenvalue weighted by Gasteiger charge is -2.02. The molecule has 0 bridgehead atoms. The van der Waals surface area contributed by atoms with E-state index in [0.717, 1.165) is 5.56 Å². The number of benzene rings is 1. The summed E-state index contributed by atoms with van der Waals surface area (Å²) in [6.45, 7) is 1.87. The van der Waals surface area contributed by atoms with Crippen LogP contribution in [-0.4, -0.2) is 20.7 Å². The van der Waals surface area contributed by atoms with Gasteiger partial charge in [-0.3, -0.25) is 4.79 Å². The molecule has 1 radical (unpaired) electrons. The standard InChI is InChI=1S/C9H10NO3S/c1-8-2-4-9(5-3-8)14(12,13)7-10-6-11/h2-5H,7H2,1H3,(H,10,11). The van der Waals surface area contributed by atoms with Crippen molar-refractivity contribution >= 4 is 16.2 Å². The highest BCUT2D eigenvalue weighted by Crippen LogP contribution is 2.10. The molecule has 1 rings (SSSR count). The third-order valence-electron chi connectivity index (χ3n) is 1.71. The van der Waals surface area contributed by atoms with Gasteiger partial charge in [-0.25, -0.2) is 8.42 Å². The number of nitrogens with one attached hydrogen (secondary N) is 1. The van der Waals surface area contributed by atoms with Gasteiger partial charge in [0, 0.05) is 0 Å². The number of carbonyl (C=O) groups excluding carboxylic acids is 1. The van der Waals surface area contributed by atoms with Gasteiger partial charge in [-0.15, -0.1) is 0 Å². The maximum Gasteiger partial charge on any atom is 0.310 e. The van der Waals surface area contributed by atoms with Crippen LogP contribution < -0.4 is 5.32 Å². The van der Waals surface area contributed by atoms with E-state index in [0.29, 0.717) is 0 Å². The summed E-state index contributed by atoms with van der Waals surface area (Å²) in [4.78, 5) is 10.0. The van der Waals surface area contributed by atoms with E-state index >= 15 is 0 Å². The Balaban J connectivity index is 2.93. The summed E-state index contributed by atoms with van der Waals surface area (Å²) in [5.74, 6) is -0.417. The summed E-state index contributed by atoms with van der Waals surface area (Å²) < 4.78 is 22.9. The highest BCUT2D eigenvalue weighted by atomic mass is 32.2. The van der Waals surface area contributed by atoms with Gasteiger partial charge < -0.3 is 5.32 Å². The second-order valence-corrected chi connectivity index (χ2v) is 4.84. The number of amides is 1. The Morgan fingerprint density at radius 2 is 1.86 bits per heavy atom. The molecule has 1 aromatic rings. The van der Waals surface area contributed by atoms with Gasteiger partial charge in [0.2, 0.25) is 0 Å². The van der Waals surface area contributed by atoms with E-state index in [2.05, 4.69) is 0 Å². The number of rotatable bonds is 4. The molecule has 0 atom stereocenters. The Morgan fingerprint density at radius 3 is 2.36 bits per heavy atom. The fraction of sp³-hybridized carbons (Fsp3) is 0.222. The second kappa shape index (κ2) is 4.23. The van der Waals surface area contributed by atoms with Crippen molar-refractivity contribution in [1.29, 1.82) is 0 Å². The summed E-state index contributed by atoms with van der Waals surface area (Å²) >= 11 is 0. The molecular weight excluding hydrogens is 202 g/mol. The lowest BCUT2D eigenvalue weighted by molar-refractivity contribution is 0.543. The Labute approximate surface area is 82.9 Å². The number of hydrogen-bond donors (Lipinski definition) is 1. The SMILES string of the molecule is Cc1ccc(S(=O)(=O)CN[C]=O)cc1. The minimum absolute atomic E-state index is 0.200. The van der Waals surface area contributed by atoms with Crippen LogP contribution in [0.2, 0.25) is 0 Å². The summed E-state index contributed by atoms with van der Waals surface area (Å²) in [6, 6.07) is 6.43. The predicted octanol–water partition coefficient (Wildman–Crippen LogP) is 0.383. The van der Waals surface area contributed by atoms with Gasteiger partial charge in [0.25, 0.3) is 0 Å². The first kappa shape index (κ1) is 10.7. The summed E-state index contributed by atoms with van der Waals surface area (Å²) in [5, 5.41) is 2.01. The molecule has 0 aliphatic heterocycles. The Hall–Kier alpha value is -1.36. The van der Waals surface area contributed by atoms with Gasteiger partial charge in [-0.05, 0) is 19.1 Å². The highest BCUT2D eigenvalue weighted by Gasteiger charge is 2.12. The van der Waals surface area contributed by atoms with E-state index in [1.807, 2.05) is 12.2 Å². The molecule has 0 fully saturated rings. The zero-order chi connectivity index (χ0) is 10.6. The lowest BCUT2D eigenvalue weighted by atomic mass is 10.2. The van der Waals surface area contributed by atoms with Crippen molar-refractivity contribution in [2.75, 3.05) is 5.88 Å². The van der Waals surface area contributed by atoms with E-state index in [1.165, 1.54) is 18.5 Å². The van der Waals surface area contributed by atoms with Gasteiger partial charge >= 0.3 is 6.41 Å². The van der Waals surface area contributed by atoms with Crippen LogP contribution in [0.25, 0.3) is 0 Å². The first-order chi connectivity index (χ1) is 6.56. The molecule has 0 heterocycles. The summed E-state index contributed by atoms with van der Waals surface area (Å²) in [7, 11) is -3.41. The average molecular weight is 212 g/mol. The maximum absolute atomic E-state index is 11.5. The van der Waals surface area contributed by atoms with E-state index in [4.69, 9.17) is 0 Å². The molecule has 1 aromatic carbocycles. The van der Waals surface area contributed by atoms with E-state index in [1.54, 1.807) is 12.1 Å². The maximum atomic E-state index is 11.5. The van der Waals surface area contributed by atoms with Crippen LogP contribution in [0, 0.1) is 6.92 Å². The number of hydrogen-bond acceptors (Lipinski definition) is 3. The normalized spacial score (nSPS) is 10.9. The smallest absolute Gasteiger partial charge is 0.310 e. The lowest BCUT2D eigenvalue weighted by Crippen LogP contribution is -2.21. The largest absolute Gasteiger partial charge is 0.333 e. The van der Waals surface area contributed by atoms with E-state index < -0.39 is 15.7 Å². The van der Waals surface area contributed by atoms with E-state index in [9.17, 15) is 13.2 Å². The van der Waals surface area contributed by atoms with Crippen molar-refractivity contribution in [2.45, 2.75) is 11.8 Å². The zero-order valence-corrected chi connectivity index (χ0v) is 8.47. The third kappa shape index (κ3) is 2.56. The fourth-order valence-corrected chi connectivity index (χ4v) is 1.92. The van der Waals surface area contributed by atoms with Crippen LogP contribution in [0.3, 0.4) is 0 Å². The van der Waals surface area contributed by atoms with Crippen LogP contribution in [-0.2, 0) is 14.6 Å². The monoisotopic (exact) mass is 212 g/mol. The molecule has 0 saturated carbocycles. The number of sulfone groups is 1. The van der Waals surface area contributed by atoms with Gasteiger partial charge in [-0.2, -0.15) is 0 Å². The molecule has 0 aliphatic rings. The Morgan fingerprint density at radius 1 is 1.29 bits per heavy atom. The molecule has 0 unspecified atom stereocenters. The predicted molar refractivity (Wildman–Crippen MR) is 52.1 cm³/mol. The topological polar surface area (TPSA) is 63.2 Å². The van der Waals surface area contributed by atoms with E-state index in [-0.39, 0.29) is 4.90 Å². The highest BCUT2D eigenvalue weighted by molar-refractivity contribution is 7.91. The minimum Gasteiger partial charge on any atom is -0.333 e.